The second kappa shape index (κ2) is 5.19. The minimum atomic E-state index is -1.75. The van der Waals surface area contributed by atoms with Crippen molar-refractivity contribution in [2.45, 2.75) is 33.6 Å². The van der Waals surface area contributed by atoms with Crippen LogP contribution < -0.4 is 4.65 Å². The number of hydrogen-bond donors (Lipinski definition) is 2. The first-order valence-corrected chi connectivity index (χ1v) is 5.23. The molecule has 15 heavy (non-hydrogen) atoms. The third kappa shape index (κ3) is 2.98. The Labute approximate surface area is 90.9 Å². The minimum Gasteiger partial charge on any atom is -0.512 e. The van der Waals surface area contributed by atoms with E-state index in [-0.39, 0.29) is 0 Å². The Morgan fingerprint density at radius 3 is 1.93 bits per heavy atom. The second-order valence-electron chi connectivity index (χ2n) is 3.56. The second-order valence-corrected chi connectivity index (χ2v) is 3.56. The Balaban J connectivity index is 3.18. The molecule has 0 fully saturated rings. The van der Waals surface area contributed by atoms with Crippen molar-refractivity contribution < 1.29 is 14.7 Å². The van der Waals surface area contributed by atoms with Gasteiger partial charge in [-0.15, -0.1) is 0 Å². The fourth-order valence-electron chi connectivity index (χ4n) is 1.71. The highest BCUT2D eigenvalue weighted by Gasteiger charge is 2.16. The van der Waals surface area contributed by atoms with Gasteiger partial charge in [-0.1, -0.05) is 31.5 Å². The fourth-order valence-corrected chi connectivity index (χ4v) is 1.71. The molecule has 0 heterocycles. The molecule has 0 aromatic heterocycles. The van der Waals surface area contributed by atoms with Gasteiger partial charge in [-0.3, -0.25) is 0 Å². The van der Waals surface area contributed by atoms with Gasteiger partial charge in [0.2, 0.25) is 0 Å². The van der Waals surface area contributed by atoms with E-state index in [1.807, 2.05) is 32.9 Å². The number of aryl methyl sites for hydroxylation is 3. The van der Waals surface area contributed by atoms with Gasteiger partial charge in [-0.25, -0.2) is 0 Å². The molecular weight excluding hydrogens is 191 g/mol. The zero-order valence-electron chi connectivity index (χ0n) is 9.45. The van der Waals surface area contributed by atoms with Gasteiger partial charge in [0.25, 0.3) is 0 Å². The highest BCUT2D eigenvalue weighted by Crippen LogP contribution is 2.27. The summed E-state index contributed by atoms with van der Waals surface area (Å²) in [4.78, 5) is 0. The molecule has 0 spiro atoms. The number of rotatable bonds is 4. The highest BCUT2D eigenvalue weighted by atomic mass is 16.6. The molecule has 1 rings (SSSR count). The lowest BCUT2D eigenvalue weighted by Crippen LogP contribution is -2.22. The van der Waals surface area contributed by atoms with Gasteiger partial charge in [0.15, 0.2) is 0 Å². The van der Waals surface area contributed by atoms with Crippen LogP contribution in [-0.2, 0) is 12.8 Å². The lowest BCUT2D eigenvalue weighted by Gasteiger charge is -2.15. The van der Waals surface area contributed by atoms with Crippen LogP contribution in [0.5, 0.6) is 5.75 Å². The Hall–Kier alpha value is -0.995. The van der Waals surface area contributed by atoms with E-state index in [9.17, 15) is 0 Å². The molecule has 3 nitrogen and oxygen atoms in total. The quantitative estimate of drug-likeness (QED) is 0.736. The lowest BCUT2D eigenvalue weighted by molar-refractivity contribution is 0.285. The van der Waals surface area contributed by atoms with Crippen molar-refractivity contribution in [3.8, 4) is 5.75 Å². The summed E-state index contributed by atoms with van der Waals surface area (Å²) in [5.41, 5.74) is 3.20. The summed E-state index contributed by atoms with van der Waals surface area (Å²) in [6.07, 6.45) is 1.63. The molecule has 1 aromatic rings. The molecule has 82 valence electrons. The first-order valence-electron chi connectivity index (χ1n) is 5.23. The normalized spacial score (nSPS) is 10.2. The molecule has 0 atom stereocenters. The van der Waals surface area contributed by atoms with E-state index in [4.69, 9.17) is 14.7 Å². The van der Waals surface area contributed by atoms with E-state index in [2.05, 4.69) is 0 Å². The van der Waals surface area contributed by atoms with Crippen LogP contribution in [0.25, 0.3) is 0 Å². The van der Waals surface area contributed by atoms with Crippen molar-refractivity contribution in [1.29, 1.82) is 0 Å². The van der Waals surface area contributed by atoms with Gasteiger partial charge < -0.3 is 14.7 Å². The van der Waals surface area contributed by atoms with Gasteiger partial charge in [0.05, 0.1) is 0 Å². The van der Waals surface area contributed by atoms with Crippen molar-refractivity contribution in [3.05, 3.63) is 28.8 Å². The molecule has 0 saturated heterocycles. The maximum atomic E-state index is 8.85. The van der Waals surface area contributed by atoms with Crippen molar-refractivity contribution in [2.24, 2.45) is 0 Å². The average Bonchev–Trinajstić information content (AvgIpc) is 2.19. The molecule has 2 N–H and O–H groups in total. The minimum absolute atomic E-state index is 0.612. The van der Waals surface area contributed by atoms with Crippen molar-refractivity contribution in [3.63, 3.8) is 0 Å². The first-order chi connectivity index (χ1) is 7.08. The predicted octanol–water partition coefficient (Wildman–Crippen LogP) is 1.47. The topological polar surface area (TPSA) is 49.7 Å². The molecule has 0 unspecified atom stereocenters. The van der Waals surface area contributed by atoms with Crippen LogP contribution in [0.1, 0.15) is 30.5 Å². The van der Waals surface area contributed by atoms with E-state index in [1.165, 1.54) is 5.56 Å². The summed E-state index contributed by atoms with van der Waals surface area (Å²) < 4.78 is 5.02. The molecular formula is C11H17BO3. The summed E-state index contributed by atoms with van der Waals surface area (Å²) in [5, 5.41) is 17.7. The Morgan fingerprint density at radius 1 is 1.13 bits per heavy atom. The summed E-state index contributed by atoms with van der Waals surface area (Å²) in [7, 11) is -1.75. The van der Waals surface area contributed by atoms with Crippen molar-refractivity contribution in [2.75, 3.05) is 0 Å². The van der Waals surface area contributed by atoms with Crippen LogP contribution in [0.3, 0.4) is 0 Å². The van der Waals surface area contributed by atoms with Gasteiger partial charge >= 0.3 is 7.32 Å². The lowest BCUT2D eigenvalue weighted by atomic mass is 10.0. The summed E-state index contributed by atoms with van der Waals surface area (Å²) in [6, 6.07) is 4.02. The molecule has 0 radical (unpaired) electrons. The third-order valence-electron chi connectivity index (χ3n) is 2.37. The van der Waals surface area contributed by atoms with Gasteiger partial charge in [0, 0.05) is 0 Å². The maximum absolute atomic E-state index is 8.85. The monoisotopic (exact) mass is 208 g/mol. The van der Waals surface area contributed by atoms with Crippen LogP contribution in [0.15, 0.2) is 12.1 Å². The van der Waals surface area contributed by atoms with Crippen molar-refractivity contribution in [1.82, 2.24) is 0 Å². The SMILES string of the molecule is CCc1cc(C)cc(CC)c1OB(O)O. The summed E-state index contributed by atoms with van der Waals surface area (Å²) in [5.74, 6) is 0.612. The van der Waals surface area contributed by atoms with Gasteiger partial charge in [-0.2, -0.15) is 0 Å². The molecule has 0 amide bonds. The molecule has 4 heteroatoms. The van der Waals surface area contributed by atoms with E-state index < -0.39 is 7.32 Å². The van der Waals surface area contributed by atoms with Crippen LogP contribution in [0.4, 0.5) is 0 Å². The van der Waals surface area contributed by atoms with E-state index in [1.54, 1.807) is 0 Å². The van der Waals surface area contributed by atoms with E-state index >= 15 is 0 Å². The predicted molar refractivity (Wildman–Crippen MR) is 60.8 cm³/mol. The zero-order valence-corrected chi connectivity index (χ0v) is 9.45. The fraction of sp³-hybridized carbons (Fsp3) is 0.455. The number of benzene rings is 1. The molecule has 0 aliphatic rings. The van der Waals surface area contributed by atoms with Crippen LogP contribution in [-0.4, -0.2) is 17.4 Å². The van der Waals surface area contributed by atoms with Gasteiger partial charge in [0.1, 0.15) is 5.75 Å². The van der Waals surface area contributed by atoms with Crippen LogP contribution >= 0.6 is 0 Å². The number of hydrogen-bond acceptors (Lipinski definition) is 3. The van der Waals surface area contributed by atoms with E-state index in [0.717, 1.165) is 24.0 Å². The Bertz CT molecular complexity index is 312. The molecule has 0 bridgehead atoms. The Morgan fingerprint density at radius 2 is 1.60 bits per heavy atom. The van der Waals surface area contributed by atoms with E-state index in [0.29, 0.717) is 5.75 Å². The zero-order chi connectivity index (χ0) is 11.4. The van der Waals surface area contributed by atoms with Crippen LogP contribution in [0.2, 0.25) is 0 Å². The van der Waals surface area contributed by atoms with Gasteiger partial charge in [-0.05, 0) is 30.9 Å². The maximum Gasteiger partial charge on any atom is 0.707 e. The molecule has 1 aromatic carbocycles. The standard InChI is InChI=1S/C11H17BO3/c1-4-9-6-8(3)7-10(5-2)11(9)15-12(13)14/h6-7,13-14H,4-5H2,1-3H3. The first kappa shape index (κ1) is 12.1. The van der Waals surface area contributed by atoms with Crippen LogP contribution in [0, 0.1) is 6.92 Å². The molecule has 0 aliphatic carbocycles. The third-order valence-corrected chi connectivity index (χ3v) is 2.37. The molecule has 0 saturated carbocycles. The highest BCUT2D eigenvalue weighted by molar-refractivity contribution is 6.33. The molecule has 0 aliphatic heterocycles. The largest absolute Gasteiger partial charge is 0.707 e. The average molecular weight is 208 g/mol. The van der Waals surface area contributed by atoms with Crippen molar-refractivity contribution >= 4 is 7.32 Å². The summed E-state index contributed by atoms with van der Waals surface area (Å²) in [6.45, 7) is 6.06. The Kier molecular flexibility index (Phi) is 4.18. The summed E-state index contributed by atoms with van der Waals surface area (Å²) >= 11 is 0. The smallest absolute Gasteiger partial charge is 0.512 e.